The predicted molar refractivity (Wildman–Crippen MR) is 80.9 cm³/mol. The number of nitrogens with zero attached hydrogens (tertiary/aromatic N) is 2. The molecular formula is C17H24N2O. The Labute approximate surface area is 122 Å². The molecule has 108 valence electrons. The number of aryl methyl sites for hydroxylation is 2. The molecule has 0 amide bonds. The van der Waals surface area contributed by atoms with Crippen molar-refractivity contribution in [3.05, 3.63) is 29.3 Å². The van der Waals surface area contributed by atoms with Crippen molar-refractivity contribution in [3.8, 4) is 11.8 Å². The standard InChI is InChI=1S/C17H24N2O/c1-14-6-7-17(15(2)12-14)20-13-16(8-9-18)19-10-4-3-5-11-19/h6-7,12,16H,3-5,8,10-11,13H2,1-2H3. The Morgan fingerprint density at radius 1 is 1.25 bits per heavy atom. The molecule has 1 atom stereocenters. The molecule has 1 aromatic carbocycles. The summed E-state index contributed by atoms with van der Waals surface area (Å²) in [5.74, 6) is 0.940. The first kappa shape index (κ1) is 14.9. The molecule has 0 N–H and O–H groups in total. The average Bonchev–Trinajstić information content (AvgIpc) is 2.46. The van der Waals surface area contributed by atoms with E-state index in [0.717, 1.165) is 18.8 Å². The smallest absolute Gasteiger partial charge is 0.122 e. The van der Waals surface area contributed by atoms with Crippen LogP contribution < -0.4 is 4.74 Å². The zero-order chi connectivity index (χ0) is 14.4. The van der Waals surface area contributed by atoms with Crippen LogP contribution in [0, 0.1) is 25.2 Å². The minimum absolute atomic E-state index is 0.223. The number of nitriles is 1. The minimum atomic E-state index is 0.223. The van der Waals surface area contributed by atoms with Gasteiger partial charge in [0.1, 0.15) is 12.4 Å². The molecule has 1 aromatic rings. The Balaban J connectivity index is 1.96. The highest BCUT2D eigenvalue weighted by Gasteiger charge is 2.21. The van der Waals surface area contributed by atoms with Crippen molar-refractivity contribution in [2.24, 2.45) is 0 Å². The lowest BCUT2D eigenvalue weighted by Gasteiger charge is -2.33. The van der Waals surface area contributed by atoms with E-state index in [0.29, 0.717) is 13.0 Å². The van der Waals surface area contributed by atoms with Gasteiger partial charge in [-0.2, -0.15) is 5.26 Å². The number of hydrogen-bond donors (Lipinski definition) is 0. The molecule has 3 heteroatoms. The van der Waals surface area contributed by atoms with Gasteiger partial charge in [0.25, 0.3) is 0 Å². The van der Waals surface area contributed by atoms with Crippen LogP contribution in [0.3, 0.4) is 0 Å². The van der Waals surface area contributed by atoms with Crippen molar-refractivity contribution in [1.29, 1.82) is 5.26 Å². The third kappa shape index (κ3) is 3.98. The molecule has 1 aliphatic rings. The van der Waals surface area contributed by atoms with Gasteiger partial charge in [0.2, 0.25) is 0 Å². The van der Waals surface area contributed by atoms with E-state index >= 15 is 0 Å². The summed E-state index contributed by atoms with van der Waals surface area (Å²) in [7, 11) is 0. The van der Waals surface area contributed by atoms with Crippen molar-refractivity contribution in [3.63, 3.8) is 0 Å². The highest BCUT2D eigenvalue weighted by atomic mass is 16.5. The fourth-order valence-corrected chi connectivity index (χ4v) is 2.83. The first-order chi connectivity index (χ1) is 9.70. The summed E-state index contributed by atoms with van der Waals surface area (Å²) in [6.07, 6.45) is 4.34. The summed E-state index contributed by atoms with van der Waals surface area (Å²) >= 11 is 0. The highest BCUT2D eigenvalue weighted by molar-refractivity contribution is 5.35. The molecule has 1 unspecified atom stereocenters. The van der Waals surface area contributed by atoms with Crippen LogP contribution >= 0.6 is 0 Å². The van der Waals surface area contributed by atoms with E-state index in [4.69, 9.17) is 10.00 Å². The average molecular weight is 272 g/mol. The van der Waals surface area contributed by atoms with Gasteiger partial charge >= 0.3 is 0 Å². The zero-order valence-corrected chi connectivity index (χ0v) is 12.6. The number of rotatable bonds is 5. The van der Waals surface area contributed by atoms with Crippen molar-refractivity contribution in [1.82, 2.24) is 4.90 Å². The molecule has 2 rings (SSSR count). The van der Waals surface area contributed by atoms with Crippen molar-refractivity contribution in [2.75, 3.05) is 19.7 Å². The second kappa shape index (κ2) is 7.31. The lowest BCUT2D eigenvalue weighted by Crippen LogP contribution is -2.42. The number of likely N-dealkylation sites (tertiary alicyclic amines) is 1. The second-order valence-corrected chi connectivity index (χ2v) is 5.69. The maximum atomic E-state index is 9.02. The van der Waals surface area contributed by atoms with Crippen LogP contribution in [0.25, 0.3) is 0 Å². The fourth-order valence-electron chi connectivity index (χ4n) is 2.83. The van der Waals surface area contributed by atoms with Crippen molar-refractivity contribution < 1.29 is 4.74 Å². The molecule has 0 saturated carbocycles. The number of piperidine rings is 1. The monoisotopic (exact) mass is 272 g/mol. The van der Waals surface area contributed by atoms with Crippen LogP contribution in [-0.2, 0) is 0 Å². The molecule has 0 bridgehead atoms. The SMILES string of the molecule is Cc1ccc(OCC(CC#N)N2CCCCC2)c(C)c1. The summed E-state index contributed by atoms with van der Waals surface area (Å²) in [5.41, 5.74) is 2.42. The van der Waals surface area contributed by atoms with Crippen LogP contribution in [0.5, 0.6) is 5.75 Å². The van der Waals surface area contributed by atoms with Gasteiger partial charge < -0.3 is 4.74 Å². The van der Waals surface area contributed by atoms with E-state index in [-0.39, 0.29) is 6.04 Å². The van der Waals surface area contributed by atoms with E-state index in [9.17, 15) is 0 Å². The molecule has 0 aromatic heterocycles. The summed E-state index contributed by atoms with van der Waals surface area (Å²) in [6.45, 7) is 6.97. The van der Waals surface area contributed by atoms with Gasteiger partial charge in [0.05, 0.1) is 18.5 Å². The topological polar surface area (TPSA) is 36.3 Å². The Morgan fingerprint density at radius 2 is 2.00 bits per heavy atom. The summed E-state index contributed by atoms with van der Waals surface area (Å²) in [5, 5.41) is 9.02. The molecule has 3 nitrogen and oxygen atoms in total. The van der Waals surface area contributed by atoms with Crippen molar-refractivity contribution >= 4 is 0 Å². The van der Waals surface area contributed by atoms with Crippen LogP contribution in [0.1, 0.15) is 36.8 Å². The van der Waals surface area contributed by atoms with E-state index in [1.807, 2.05) is 6.07 Å². The van der Waals surface area contributed by atoms with Crippen LogP contribution in [0.15, 0.2) is 18.2 Å². The Morgan fingerprint density at radius 3 is 2.65 bits per heavy atom. The third-order valence-electron chi connectivity index (χ3n) is 4.00. The predicted octanol–water partition coefficient (Wildman–Crippen LogP) is 3.45. The van der Waals surface area contributed by atoms with Gasteiger partial charge in [-0.3, -0.25) is 4.90 Å². The summed E-state index contributed by atoms with van der Waals surface area (Å²) < 4.78 is 5.97. The molecular weight excluding hydrogens is 248 g/mol. The van der Waals surface area contributed by atoms with E-state index in [2.05, 4.69) is 36.9 Å². The Kier molecular flexibility index (Phi) is 5.43. The first-order valence-electron chi connectivity index (χ1n) is 7.52. The van der Waals surface area contributed by atoms with Gasteiger partial charge in [0.15, 0.2) is 0 Å². The lowest BCUT2D eigenvalue weighted by atomic mass is 10.1. The van der Waals surface area contributed by atoms with E-state index in [1.165, 1.54) is 30.4 Å². The molecule has 0 aliphatic carbocycles. The molecule has 1 fully saturated rings. The van der Waals surface area contributed by atoms with Gasteiger partial charge in [-0.05, 0) is 51.4 Å². The van der Waals surface area contributed by atoms with E-state index in [1.54, 1.807) is 0 Å². The first-order valence-corrected chi connectivity index (χ1v) is 7.52. The van der Waals surface area contributed by atoms with Gasteiger partial charge in [0, 0.05) is 0 Å². The Bertz CT molecular complexity index is 472. The van der Waals surface area contributed by atoms with Crippen LogP contribution in [0.4, 0.5) is 0 Å². The minimum Gasteiger partial charge on any atom is -0.492 e. The lowest BCUT2D eigenvalue weighted by molar-refractivity contribution is 0.116. The normalized spacial score (nSPS) is 17.4. The van der Waals surface area contributed by atoms with E-state index < -0.39 is 0 Å². The number of benzene rings is 1. The van der Waals surface area contributed by atoms with Gasteiger partial charge in [-0.25, -0.2) is 0 Å². The van der Waals surface area contributed by atoms with Gasteiger partial charge in [-0.1, -0.05) is 24.1 Å². The number of ether oxygens (including phenoxy) is 1. The molecule has 1 heterocycles. The highest BCUT2D eigenvalue weighted by Crippen LogP contribution is 2.21. The molecule has 20 heavy (non-hydrogen) atoms. The second-order valence-electron chi connectivity index (χ2n) is 5.69. The molecule has 1 aliphatic heterocycles. The third-order valence-corrected chi connectivity index (χ3v) is 4.00. The summed E-state index contributed by atoms with van der Waals surface area (Å²) in [4.78, 5) is 2.41. The molecule has 1 saturated heterocycles. The van der Waals surface area contributed by atoms with Crippen LogP contribution in [0.2, 0.25) is 0 Å². The van der Waals surface area contributed by atoms with Crippen LogP contribution in [-0.4, -0.2) is 30.6 Å². The quantitative estimate of drug-likeness (QED) is 0.823. The van der Waals surface area contributed by atoms with Gasteiger partial charge in [-0.15, -0.1) is 0 Å². The molecule has 0 radical (unpaired) electrons. The summed E-state index contributed by atoms with van der Waals surface area (Å²) in [6, 6.07) is 8.77. The number of hydrogen-bond acceptors (Lipinski definition) is 3. The largest absolute Gasteiger partial charge is 0.492 e. The zero-order valence-electron chi connectivity index (χ0n) is 12.6. The van der Waals surface area contributed by atoms with Crippen molar-refractivity contribution in [2.45, 2.75) is 45.6 Å². The fraction of sp³-hybridized carbons (Fsp3) is 0.588. The maximum Gasteiger partial charge on any atom is 0.122 e. The Hall–Kier alpha value is -1.53. The maximum absolute atomic E-state index is 9.02. The molecule has 0 spiro atoms.